The summed E-state index contributed by atoms with van der Waals surface area (Å²) in [5, 5.41) is 3.02. The molecule has 1 rings (SSSR count). The maximum atomic E-state index is 11.8. The Morgan fingerprint density at radius 1 is 1.50 bits per heavy atom. The highest BCUT2D eigenvalue weighted by Crippen LogP contribution is 2.25. The van der Waals surface area contributed by atoms with Crippen LogP contribution in [0.4, 0.5) is 0 Å². The summed E-state index contributed by atoms with van der Waals surface area (Å²) < 4.78 is 10.4. The van der Waals surface area contributed by atoms with E-state index in [1.54, 1.807) is 32.2 Å². The van der Waals surface area contributed by atoms with E-state index >= 15 is 0 Å². The summed E-state index contributed by atoms with van der Waals surface area (Å²) in [6.45, 7) is 2.71. The molecule has 1 unspecified atom stereocenters. The summed E-state index contributed by atoms with van der Waals surface area (Å²) in [7, 11) is 1.60. The molecule has 6 heteroatoms. The first-order valence-electron chi connectivity index (χ1n) is 6.27. The molecule has 5 nitrogen and oxygen atoms in total. The Bertz CT molecular complexity index is 464. The highest BCUT2D eigenvalue weighted by molar-refractivity contribution is 6.33. The van der Waals surface area contributed by atoms with Crippen LogP contribution in [0.25, 0.3) is 0 Å². The molecule has 1 atom stereocenters. The molecule has 0 aliphatic carbocycles. The fourth-order valence-corrected chi connectivity index (χ4v) is 1.76. The fraction of sp³-hybridized carbons (Fsp3) is 0.429. The van der Waals surface area contributed by atoms with Gasteiger partial charge in [-0.15, -0.1) is 0 Å². The van der Waals surface area contributed by atoms with Gasteiger partial charge in [-0.3, -0.25) is 9.59 Å². The van der Waals surface area contributed by atoms with Crippen LogP contribution in [0.1, 0.15) is 23.7 Å². The van der Waals surface area contributed by atoms with Crippen molar-refractivity contribution in [3.05, 3.63) is 28.8 Å². The van der Waals surface area contributed by atoms with Crippen LogP contribution >= 0.6 is 11.6 Å². The highest BCUT2D eigenvalue weighted by atomic mass is 35.5. The Balaban J connectivity index is 2.57. The molecular weight excluding hydrogens is 282 g/mol. The average Bonchev–Trinajstić information content (AvgIpc) is 2.43. The van der Waals surface area contributed by atoms with Crippen molar-refractivity contribution in [3.63, 3.8) is 0 Å². The van der Waals surface area contributed by atoms with Crippen molar-refractivity contribution < 1.29 is 19.1 Å². The van der Waals surface area contributed by atoms with Gasteiger partial charge in [0.15, 0.2) is 12.4 Å². The first kappa shape index (κ1) is 16.5. The van der Waals surface area contributed by atoms with Crippen LogP contribution < -0.4 is 10.1 Å². The number of hydrogen-bond acceptors (Lipinski definition) is 4. The number of amides is 1. The van der Waals surface area contributed by atoms with Crippen LogP contribution in [0.15, 0.2) is 18.2 Å². The van der Waals surface area contributed by atoms with E-state index in [1.807, 2.05) is 0 Å². The number of carbonyl (C=O) groups is 2. The summed E-state index contributed by atoms with van der Waals surface area (Å²) in [5.41, 5.74) is 0.244. The zero-order valence-corrected chi connectivity index (χ0v) is 12.3. The quantitative estimate of drug-likeness (QED) is 0.589. The first-order chi connectivity index (χ1) is 9.60. The van der Waals surface area contributed by atoms with Crippen LogP contribution in [0.3, 0.4) is 0 Å². The van der Waals surface area contributed by atoms with Crippen molar-refractivity contribution in [1.29, 1.82) is 0 Å². The van der Waals surface area contributed by atoms with Gasteiger partial charge < -0.3 is 14.8 Å². The Hall–Kier alpha value is -1.59. The molecule has 0 fully saturated rings. The van der Waals surface area contributed by atoms with E-state index in [9.17, 15) is 9.59 Å². The maximum Gasteiger partial charge on any atom is 0.260 e. The lowest BCUT2D eigenvalue weighted by atomic mass is 10.2. The van der Waals surface area contributed by atoms with Crippen LogP contribution in [0.5, 0.6) is 5.75 Å². The van der Waals surface area contributed by atoms with E-state index in [0.717, 1.165) is 6.42 Å². The Morgan fingerprint density at radius 2 is 2.25 bits per heavy atom. The minimum Gasteiger partial charge on any atom is -0.480 e. The second-order valence-electron chi connectivity index (χ2n) is 4.17. The number of benzene rings is 1. The third-order valence-corrected chi connectivity index (χ3v) is 2.96. The van der Waals surface area contributed by atoms with E-state index in [4.69, 9.17) is 21.1 Å². The molecule has 1 amide bonds. The third-order valence-electron chi connectivity index (χ3n) is 2.63. The topological polar surface area (TPSA) is 64.6 Å². The fourth-order valence-electron chi connectivity index (χ4n) is 1.55. The van der Waals surface area contributed by atoms with Gasteiger partial charge >= 0.3 is 0 Å². The van der Waals surface area contributed by atoms with Crippen molar-refractivity contribution in [2.75, 3.05) is 20.3 Å². The number of methoxy groups -OCH3 is 1. The second-order valence-corrected chi connectivity index (χ2v) is 4.57. The van der Waals surface area contributed by atoms with Crippen molar-refractivity contribution in [3.8, 4) is 5.75 Å². The Labute approximate surface area is 123 Å². The SMILES string of the molecule is COCCCNC(=O)C(C)Oc1cccc(Cl)c1C=O. The Kier molecular flexibility index (Phi) is 7.04. The second kappa shape index (κ2) is 8.55. The molecule has 1 aromatic carbocycles. The lowest BCUT2D eigenvalue weighted by molar-refractivity contribution is -0.127. The van der Waals surface area contributed by atoms with E-state index in [0.29, 0.717) is 30.2 Å². The number of rotatable bonds is 8. The number of ether oxygens (including phenoxy) is 2. The number of nitrogens with one attached hydrogen (secondary N) is 1. The van der Waals surface area contributed by atoms with Crippen LogP contribution in [0, 0.1) is 0 Å². The summed E-state index contributed by atoms with van der Waals surface area (Å²) >= 11 is 5.89. The summed E-state index contributed by atoms with van der Waals surface area (Å²) in [5.74, 6) is 0.0463. The van der Waals surface area contributed by atoms with Crippen LogP contribution in [-0.4, -0.2) is 38.6 Å². The molecule has 0 saturated carbocycles. The molecule has 110 valence electrons. The molecule has 0 aliphatic heterocycles. The third kappa shape index (κ3) is 4.83. The summed E-state index contributed by atoms with van der Waals surface area (Å²) in [6.07, 6.45) is 0.627. The lowest BCUT2D eigenvalue weighted by Crippen LogP contribution is -2.37. The smallest absolute Gasteiger partial charge is 0.260 e. The van der Waals surface area contributed by atoms with Gasteiger partial charge in [0.05, 0.1) is 10.6 Å². The van der Waals surface area contributed by atoms with Gasteiger partial charge in [0.1, 0.15) is 5.75 Å². The van der Waals surface area contributed by atoms with Crippen molar-refractivity contribution in [2.45, 2.75) is 19.4 Å². The molecule has 0 aliphatic rings. The molecule has 1 N–H and O–H groups in total. The summed E-state index contributed by atoms with van der Waals surface area (Å²) in [4.78, 5) is 22.8. The summed E-state index contributed by atoms with van der Waals surface area (Å²) in [6, 6.07) is 4.85. The molecule has 0 heterocycles. The average molecular weight is 300 g/mol. The van der Waals surface area contributed by atoms with E-state index in [1.165, 1.54) is 0 Å². The predicted octanol–water partition coefficient (Wildman–Crippen LogP) is 2.07. The van der Waals surface area contributed by atoms with E-state index < -0.39 is 6.10 Å². The van der Waals surface area contributed by atoms with Crippen molar-refractivity contribution in [2.24, 2.45) is 0 Å². The lowest BCUT2D eigenvalue weighted by Gasteiger charge is -2.16. The van der Waals surface area contributed by atoms with Gasteiger partial charge in [-0.05, 0) is 25.5 Å². The van der Waals surface area contributed by atoms with Gasteiger partial charge in [0, 0.05) is 20.3 Å². The number of aldehydes is 1. The number of hydrogen-bond donors (Lipinski definition) is 1. The van der Waals surface area contributed by atoms with Crippen LogP contribution in [0.2, 0.25) is 5.02 Å². The maximum absolute atomic E-state index is 11.8. The van der Waals surface area contributed by atoms with Gasteiger partial charge in [-0.1, -0.05) is 17.7 Å². The largest absolute Gasteiger partial charge is 0.480 e. The number of halogens is 1. The molecule has 0 aromatic heterocycles. The molecule has 0 spiro atoms. The van der Waals surface area contributed by atoms with Gasteiger partial charge in [-0.2, -0.15) is 0 Å². The highest BCUT2D eigenvalue weighted by Gasteiger charge is 2.16. The molecule has 20 heavy (non-hydrogen) atoms. The van der Waals surface area contributed by atoms with Gasteiger partial charge in [0.2, 0.25) is 0 Å². The van der Waals surface area contributed by atoms with Crippen molar-refractivity contribution >= 4 is 23.8 Å². The normalized spacial score (nSPS) is 11.8. The zero-order valence-electron chi connectivity index (χ0n) is 11.5. The molecule has 1 aromatic rings. The van der Waals surface area contributed by atoms with E-state index in [-0.39, 0.29) is 11.5 Å². The molecular formula is C14H18ClNO4. The molecule has 0 saturated heterocycles. The number of carbonyl (C=O) groups excluding carboxylic acids is 2. The molecule has 0 radical (unpaired) electrons. The van der Waals surface area contributed by atoms with Crippen LogP contribution in [-0.2, 0) is 9.53 Å². The van der Waals surface area contributed by atoms with Crippen molar-refractivity contribution in [1.82, 2.24) is 5.32 Å². The predicted molar refractivity (Wildman–Crippen MR) is 76.4 cm³/mol. The molecule has 0 bridgehead atoms. The standard InChI is InChI=1S/C14H18ClNO4/c1-10(14(18)16-7-4-8-19-2)20-13-6-3-5-12(15)11(13)9-17/h3,5-6,9-10H,4,7-8H2,1-2H3,(H,16,18). The minimum atomic E-state index is -0.713. The van der Waals surface area contributed by atoms with Gasteiger partial charge in [0.25, 0.3) is 5.91 Å². The monoisotopic (exact) mass is 299 g/mol. The minimum absolute atomic E-state index is 0.244. The van der Waals surface area contributed by atoms with E-state index in [2.05, 4.69) is 5.32 Å². The van der Waals surface area contributed by atoms with Gasteiger partial charge in [-0.25, -0.2) is 0 Å². The first-order valence-corrected chi connectivity index (χ1v) is 6.65. The zero-order chi connectivity index (χ0) is 15.0. The Morgan fingerprint density at radius 3 is 2.90 bits per heavy atom.